The van der Waals surface area contributed by atoms with Crippen LogP contribution >= 0.6 is 0 Å². The molecule has 0 saturated carbocycles. The summed E-state index contributed by atoms with van der Waals surface area (Å²) in [6.45, 7) is 3.98. The third-order valence-electron chi connectivity index (χ3n) is 3.76. The van der Waals surface area contributed by atoms with Crippen LogP contribution in [-0.4, -0.2) is 62.9 Å². The molecule has 0 aliphatic carbocycles. The number of carbonyl (C=O) groups excluding carboxylic acids is 2. The third-order valence-corrected chi connectivity index (χ3v) is 3.76. The average Bonchev–Trinajstić information content (AvgIpc) is 2.66. The van der Waals surface area contributed by atoms with Crippen LogP contribution in [0.3, 0.4) is 0 Å². The Labute approximate surface area is 146 Å². The highest BCUT2D eigenvalue weighted by Crippen LogP contribution is 2.27. The number of ether oxygens (including phenoxy) is 3. The minimum atomic E-state index is -0.390. The van der Waals surface area contributed by atoms with Gasteiger partial charge in [-0.15, -0.1) is 0 Å². The minimum absolute atomic E-state index is 0.0232. The van der Waals surface area contributed by atoms with E-state index in [1.165, 1.54) is 14.2 Å². The van der Waals surface area contributed by atoms with Crippen molar-refractivity contribution in [3.63, 3.8) is 0 Å². The third kappa shape index (κ3) is 5.18. The van der Waals surface area contributed by atoms with Crippen LogP contribution in [0.15, 0.2) is 23.3 Å². The summed E-state index contributed by atoms with van der Waals surface area (Å²) in [5.74, 6) is 0.581. The maximum absolute atomic E-state index is 12.2. The maximum Gasteiger partial charge on any atom is 0.271 e. The molecule has 1 saturated heterocycles. The molecule has 1 aliphatic heterocycles. The Balaban J connectivity index is 1.93. The van der Waals surface area contributed by atoms with E-state index in [0.29, 0.717) is 49.1 Å². The highest BCUT2D eigenvalue weighted by atomic mass is 16.5. The van der Waals surface area contributed by atoms with Crippen LogP contribution in [0.1, 0.15) is 23.7 Å². The van der Waals surface area contributed by atoms with Crippen molar-refractivity contribution in [3.8, 4) is 11.5 Å². The van der Waals surface area contributed by atoms with Crippen molar-refractivity contribution >= 4 is 17.5 Å². The van der Waals surface area contributed by atoms with Gasteiger partial charge in [-0.2, -0.15) is 5.10 Å². The van der Waals surface area contributed by atoms with E-state index in [9.17, 15) is 9.59 Å². The first-order valence-corrected chi connectivity index (χ1v) is 7.96. The number of amides is 2. The lowest BCUT2D eigenvalue weighted by molar-refractivity contribution is -0.133. The zero-order chi connectivity index (χ0) is 18.2. The number of hydrazone groups is 1. The molecule has 0 radical (unpaired) electrons. The topological polar surface area (TPSA) is 89.5 Å². The Kier molecular flexibility index (Phi) is 6.76. The fraction of sp³-hybridized carbons (Fsp3) is 0.471. The second kappa shape index (κ2) is 9.03. The largest absolute Gasteiger partial charge is 0.493 e. The molecular formula is C17H23N3O5. The van der Waals surface area contributed by atoms with Gasteiger partial charge in [0.15, 0.2) is 11.5 Å². The monoisotopic (exact) mass is 349 g/mol. The Morgan fingerprint density at radius 1 is 1.20 bits per heavy atom. The van der Waals surface area contributed by atoms with Crippen LogP contribution in [0.25, 0.3) is 0 Å². The van der Waals surface area contributed by atoms with Crippen LogP contribution in [0.5, 0.6) is 11.5 Å². The van der Waals surface area contributed by atoms with Crippen LogP contribution in [0.2, 0.25) is 0 Å². The molecule has 2 amide bonds. The van der Waals surface area contributed by atoms with E-state index in [1.807, 2.05) is 0 Å². The van der Waals surface area contributed by atoms with Gasteiger partial charge in [-0.1, -0.05) is 0 Å². The maximum atomic E-state index is 12.2. The Morgan fingerprint density at radius 2 is 1.88 bits per heavy atom. The van der Waals surface area contributed by atoms with Gasteiger partial charge in [0.2, 0.25) is 5.91 Å². The molecule has 136 valence electrons. The fourth-order valence-electron chi connectivity index (χ4n) is 2.37. The van der Waals surface area contributed by atoms with Crippen molar-refractivity contribution in [1.29, 1.82) is 0 Å². The lowest BCUT2D eigenvalue weighted by Crippen LogP contribution is -2.41. The fourth-order valence-corrected chi connectivity index (χ4v) is 2.37. The summed E-state index contributed by atoms with van der Waals surface area (Å²) in [4.78, 5) is 26.0. The quantitative estimate of drug-likeness (QED) is 0.613. The van der Waals surface area contributed by atoms with Crippen LogP contribution in [-0.2, 0) is 9.53 Å². The van der Waals surface area contributed by atoms with Gasteiger partial charge < -0.3 is 19.1 Å². The summed E-state index contributed by atoms with van der Waals surface area (Å²) in [5, 5.41) is 4.00. The van der Waals surface area contributed by atoms with Gasteiger partial charge in [0.1, 0.15) is 0 Å². The predicted octanol–water partition coefficient (Wildman–Crippen LogP) is 1.06. The summed E-state index contributed by atoms with van der Waals surface area (Å²) >= 11 is 0. The van der Waals surface area contributed by atoms with Crippen molar-refractivity contribution in [2.45, 2.75) is 13.3 Å². The Hall–Kier alpha value is -2.61. The SMILES string of the molecule is COc1ccc(C(=O)NN=C(C)CC(=O)N2CCOCC2)cc1OC. The summed E-state index contributed by atoms with van der Waals surface area (Å²) in [6.07, 6.45) is 0.159. The Bertz CT molecular complexity index is 654. The molecule has 8 heteroatoms. The molecule has 1 aromatic carbocycles. The number of hydrogen-bond donors (Lipinski definition) is 1. The molecule has 1 fully saturated rings. The zero-order valence-corrected chi connectivity index (χ0v) is 14.7. The van der Waals surface area contributed by atoms with Gasteiger partial charge in [0, 0.05) is 24.4 Å². The molecular weight excluding hydrogens is 326 g/mol. The number of nitrogens with zero attached hydrogens (tertiary/aromatic N) is 2. The Morgan fingerprint density at radius 3 is 2.52 bits per heavy atom. The lowest BCUT2D eigenvalue weighted by atomic mass is 10.2. The van der Waals surface area contributed by atoms with E-state index in [1.54, 1.807) is 30.0 Å². The van der Waals surface area contributed by atoms with Gasteiger partial charge in [-0.05, 0) is 25.1 Å². The van der Waals surface area contributed by atoms with Gasteiger partial charge in [0.05, 0.1) is 33.9 Å². The molecule has 0 bridgehead atoms. The zero-order valence-electron chi connectivity index (χ0n) is 14.7. The number of methoxy groups -OCH3 is 2. The molecule has 1 heterocycles. The highest BCUT2D eigenvalue weighted by molar-refractivity contribution is 6.01. The number of morpholine rings is 1. The molecule has 0 atom stereocenters. The van der Waals surface area contributed by atoms with Crippen molar-refractivity contribution in [1.82, 2.24) is 10.3 Å². The average molecular weight is 349 g/mol. The van der Waals surface area contributed by atoms with Crippen molar-refractivity contribution in [2.75, 3.05) is 40.5 Å². The van der Waals surface area contributed by atoms with Gasteiger partial charge in [0.25, 0.3) is 5.91 Å². The number of hydrogen-bond acceptors (Lipinski definition) is 6. The van der Waals surface area contributed by atoms with Gasteiger partial charge in [-0.25, -0.2) is 5.43 Å². The molecule has 1 N–H and O–H groups in total. The summed E-state index contributed by atoms with van der Waals surface area (Å²) < 4.78 is 15.5. The highest BCUT2D eigenvalue weighted by Gasteiger charge is 2.17. The van der Waals surface area contributed by atoms with Gasteiger partial charge >= 0.3 is 0 Å². The standard InChI is InChI=1S/C17H23N3O5/c1-12(10-16(21)20-6-8-25-9-7-20)18-19-17(22)13-4-5-14(23-2)15(11-13)24-3/h4-5,11H,6-10H2,1-3H3,(H,19,22). The van der Waals surface area contributed by atoms with Crippen molar-refractivity contribution < 1.29 is 23.8 Å². The molecule has 1 aliphatic rings. The lowest BCUT2D eigenvalue weighted by Gasteiger charge is -2.26. The summed E-state index contributed by atoms with van der Waals surface area (Å²) in [7, 11) is 3.02. The first kappa shape index (κ1) is 18.7. The molecule has 0 unspecified atom stereocenters. The van der Waals surface area contributed by atoms with E-state index in [2.05, 4.69) is 10.5 Å². The van der Waals surface area contributed by atoms with Crippen LogP contribution in [0, 0.1) is 0 Å². The first-order valence-electron chi connectivity index (χ1n) is 7.96. The first-order chi connectivity index (χ1) is 12.0. The van der Waals surface area contributed by atoms with E-state index in [-0.39, 0.29) is 18.2 Å². The molecule has 0 aromatic heterocycles. The van der Waals surface area contributed by atoms with E-state index < -0.39 is 0 Å². The number of nitrogens with one attached hydrogen (secondary N) is 1. The van der Waals surface area contributed by atoms with E-state index >= 15 is 0 Å². The van der Waals surface area contributed by atoms with Crippen LogP contribution in [0.4, 0.5) is 0 Å². The second-order valence-corrected chi connectivity index (χ2v) is 5.53. The molecule has 8 nitrogen and oxygen atoms in total. The molecule has 2 rings (SSSR count). The smallest absolute Gasteiger partial charge is 0.271 e. The normalized spacial score (nSPS) is 14.8. The molecule has 25 heavy (non-hydrogen) atoms. The minimum Gasteiger partial charge on any atom is -0.493 e. The summed E-state index contributed by atoms with van der Waals surface area (Å²) in [6, 6.07) is 4.82. The van der Waals surface area contributed by atoms with Crippen molar-refractivity contribution in [3.05, 3.63) is 23.8 Å². The van der Waals surface area contributed by atoms with Gasteiger partial charge in [-0.3, -0.25) is 9.59 Å². The predicted molar refractivity (Wildman–Crippen MR) is 92.1 cm³/mol. The van der Waals surface area contributed by atoms with Crippen LogP contribution < -0.4 is 14.9 Å². The number of carbonyl (C=O) groups is 2. The van der Waals surface area contributed by atoms with Crippen molar-refractivity contribution in [2.24, 2.45) is 5.10 Å². The summed E-state index contributed by atoms with van der Waals surface area (Å²) in [5.41, 5.74) is 3.37. The van der Waals surface area contributed by atoms with E-state index in [0.717, 1.165) is 0 Å². The van der Waals surface area contributed by atoms with E-state index in [4.69, 9.17) is 14.2 Å². The number of benzene rings is 1. The molecule has 0 spiro atoms. The molecule has 1 aromatic rings. The second-order valence-electron chi connectivity index (χ2n) is 5.53. The number of rotatable bonds is 6.